The second kappa shape index (κ2) is 7.91. The maximum atomic E-state index is 14.6. The summed E-state index contributed by atoms with van der Waals surface area (Å²) in [7, 11) is 3.36. The molecule has 1 unspecified atom stereocenters. The molecular formula is C21H22FN3O2S2. The Hall–Kier alpha value is -2.19. The SMILES string of the molecule is CC1CCc2c(sc3nc(SCC(=O)N(C)C)n(-c4ccccc4F)c(=O)c23)C1. The Morgan fingerprint density at radius 2 is 2.14 bits per heavy atom. The van der Waals surface area contributed by atoms with Gasteiger partial charge in [-0.15, -0.1) is 11.3 Å². The van der Waals surface area contributed by atoms with Gasteiger partial charge in [0.05, 0.1) is 16.8 Å². The number of para-hydroxylation sites is 1. The van der Waals surface area contributed by atoms with Crippen LogP contribution in [0.4, 0.5) is 4.39 Å². The number of carbonyl (C=O) groups is 1. The van der Waals surface area contributed by atoms with E-state index in [-0.39, 0.29) is 22.9 Å². The van der Waals surface area contributed by atoms with Crippen molar-refractivity contribution in [3.05, 3.63) is 50.9 Å². The highest BCUT2D eigenvalue weighted by Crippen LogP contribution is 2.37. The zero-order chi connectivity index (χ0) is 20.7. The van der Waals surface area contributed by atoms with Gasteiger partial charge in [-0.2, -0.15) is 0 Å². The van der Waals surface area contributed by atoms with E-state index < -0.39 is 5.82 Å². The Labute approximate surface area is 176 Å². The molecule has 1 amide bonds. The van der Waals surface area contributed by atoms with E-state index in [1.165, 1.54) is 20.4 Å². The van der Waals surface area contributed by atoms with Gasteiger partial charge in [-0.25, -0.2) is 9.37 Å². The summed E-state index contributed by atoms with van der Waals surface area (Å²) in [4.78, 5) is 33.7. The van der Waals surface area contributed by atoms with E-state index in [1.54, 1.807) is 43.6 Å². The summed E-state index contributed by atoms with van der Waals surface area (Å²) in [6.45, 7) is 2.21. The van der Waals surface area contributed by atoms with Gasteiger partial charge >= 0.3 is 0 Å². The van der Waals surface area contributed by atoms with Crippen LogP contribution in [-0.2, 0) is 17.6 Å². The van der Waals surface area contributed by atoms with E-state index in [0.717, 1.165) is 36.6 Å². The molecule has 3 aromatic rings. The molecule has 2 aromatic heterocycles. The molecule has 5 nitrogen and oxygen atoms in total. The minimum atomic E-state index is -0.491. The predicted octanol–water partition coefficient (Wildman–Crippen LogP) is 3.89. The lowest BCUT2D eigenvalue weighted by molar-refractivity contribution is -0.125. The van der Waals surface area contributed by atoms with Crippen molar-refractivity contribution in [3.8, 4) is 5.69 Å². The first kappa shape index (κ1) is 20.1. The van der Waals surface area contributed by atoms with E-state index in [2.05, 4.69) is 6.92 Å². The number of halogens is 1. The van der Waals surface area contributed by atoms with Gasteiger partial charge in [0.1, 0.15) is 10.6 Å². The van der Waals surface area contributed by atoms with Crippen LogP contribution in [0, 0.1) is 11.7 Å². The van der Waals surface area contributed by atoms with Crippen molar-refractivity contribution in [2.24, 2.45) is 5.92 Å². The summed E-state index contributed by atoms with van der Waals surface area (Å²) in [5, 5.41) is 0.942. The molecule has 0 saturated carbocycles. The normalized spacial score (nSPS) is 16.1. The first-order chi connectivity index (χ1) is 13.9. The van der Waals surface area contributed by atoms with Crippen molar-refractivity contribution < 1.29 is 9.18 Å². The van der Waals surface area contributed by atoms with Crippen LogP contribution in [0.3, 0.4) is 0 Å². The quantitative estimate of drug-likeness (QED) is 0.465. The maximum absolute atomic E-state index is 14.6. The summed E-state index contributed by atoms with van der Waals surface area (Å²) in [6.07, 6.45) is 2.82. The fraction of sp³-hybridized carbons (Fsp3) is 0.381. The molecule has 1 atom stereocenters. The largest absolute Gasteiger partial charge is 0.348 e. The number of carbonyl (C=O) groups excluding carboxylic acids is 1. The fourth-order valence-corrected chi connectivity index (χ4v) is 5.98. The average Bonchev–Trinajstić information content (AvgIpc) is 3.04. The smallest absolute Gasteiger partial charge is 0.267 e. The van der Waals surface area contributed by atoms with Crippen molar-refractivity contribution in [2.75, 3.05) is 19.8 Å². The standard InChI is InChI=1S/C21H22FN3O2S2/c1-12-8-9-13-16(10-12)29-19-18(13)20(27)25(15-7-5-4-6-14(15)22)21(23-19)28-11-17(26)24(2)3/h4-7,12H,8-11H2,1-3H3. The predicted molar refractivity (Wildman–Crippen MR) is 116 cm³/mol. The Balaban J connectivity index is 1.92. The zero-order valence-electron chi connectivity index (χ0n) is 16.6. The molecule has 1 aliphatic carbocycles. The first-order valence-electron chi connectivity index (χ1n) is 9.52. The van der Waals surface area contributed by atoms with Gasteiger partial charge < -0.3 is 4.90 Å². The molecule has 152 valence electrons. The molecule has 29 heavy (non-hydrogen) atoms. The van der Waals surface area contributed by atoms with Crippen LogP contribution >= 0.6 is 23.1 Å². The molecule has 0 spiro atoms. The number of hydrogen-bond acceptors (Lipinski definition) is 5. The third kappa shape index (κ3) is 3.71. The highest BCUT2D eigenvalue weighted by atomic mass is 32.2. The van der Waals surface area contributed by atoms with Crippen molar-refractivity contribution >= 4 is 39.2 Å². The van der Waals surface area contributed by atoms with Crippen LogP contribution in [0.15, 0.2) is 34.2 Å². The van der Waals surface area contributed by atoms with Gasteiger partial charge in [0.25, 0.3) is 5.56 Å². The molecular weight excluding hydrogens is 409 g/mol. The van der Waals surface area contributed by atoms with E-state index >= 15 is 0 Å². The number of aromatic nitrogens is 2. The zero-order valence-corrected chi connectivity index (χ0v) is 18.2. The van der Waals surface area contributed by atoms with Crippen molar-refractivity contribution in [1.29, 1.82) is 0 Å². The summed E-state index contributed by atoms with van der Waals surface area (Å²) in [5.41, 5.74) is 0.967. The second-order valence-corrected chi connectivity index (χ2v) is 9.62. The number of nitrogens with zero attached hydrogens (tertiary/aromatic N) is 3. The minimum absolute atomic E-state index is 0.0938. The fourth-order valence-electron chi connectivity index (χ4n) is 3.57. The third-order valence-corrected chi connectivity index (χ3v) is 7.29. The summed E-state index contributed by atoms with van der Waals surface area (Å²) >= 11 is 2.72. The topological polar surface area (TPSA) is 55.2 Å². The highest BCUT2D eigenvalue weighted by molar-refractivity contribution is 7.99. The van der Waals surface area contributed by atoms with Crippen molar-refractivity contribution in [1.82, 2.24) is 14.5 Å². The van der Waals surface area contributed by atoms with Gasteiger partial charge in [-0.05, 0) is 42.9 Å². The number of hydrogen-bond donors (Lipinski definition) is 0. The minimum Gasteiger partial charge on any atom is -0.348 e. The Morgan fingerprint density at radius 3 is 2.86 bits per heavy atom. The van der Waals surface area contributed by atoms with E-state index in [1.807, 2.05) is 0 Å². The van der Waals surface area contributed by atoms with Crippen molar-refractivity contribution in [3.63, 3.8) is 0 Å². The molecule has 0 N–H and O–H groups in total. The van der Waals surface area contributed by atoms with Crippen LogP contribution in [0.2, 0.25) is 0 Å². The van der Waals surface area contributed by atoms with Crippen LogP contribution in [0.25, 0.3) is 15.9 Å². The number of benzene rings is 1. The van der Waals surface area contributed by atoms with Gasteiger partial charge in [-0.3, -0.25) is 14.2 Å². The average molecular weight is 432 g/mol. The van der Waals surface area contributed by atoms with Crippen molar-refractivity contribution in [2.45, 2.75) is 31.3 Å². The monoisotopic (exact) mass is 431 g/mol. The Bertz CT molecular complexity index is 1150. The number of rotatable bonds is 4. The number of thioether (sulfide) groups is 1. The summed E-state index contributed by atoms with van der Waals surface area (Å²) in [6, 6.07) is 6.18. The molecule has 0 aliphatic heterocycles. The van der Waals surface area contributed by atoms with Gasteiger partial charge in [-0.1, -0.05) is 30.8 Å². The lowest BCUT2D eigenvalue weighted by Crippen LogP contribution is -2.26. The van der Waals surface area contributed by atoms with Gasteiger partial charge in [0.15, 0.2) is 5.16 Å². The van der Waals surface area contributed by atoms with E-state index in [0.29, 0.717) is 21.3 Å². The second-order valence-electron chi connectivity index (χ2n) is 7.60. The summed E-state index contributed by atoms with van der Waals surface area (Å²) < 4.78 is 15.9. The summed E-state index contributed by atoms with van der Waals surface area (Å²) in [5.74, 6) is 0.121. The van der Waals surface area contributed by atoms with Crippen LogP contribution in [0.5, 0.6) is 0 Å². The third-order valence-electron chi connectivity index (χ3n) is 5.22. The number of fused-ring (bicyclic) bond motifs is 3. The molecule has 0 bridgehead atoms. The molecule has 1 aliphatic rings. The Kier molecular flexibility index (Phi) is 5.48. The molecule has 1 aromatic carbocycles. The maximum Gasteiger partial charge on any atom is 0.267 e. The van der Waals surface area contributed by atoms with Crippen LogP contribution in [-0.4, -0.2) is 40.2 Å². The molecule has 8 heteroatoms. The number of thiophene rings is 1. The molecule has 4 rings (SSSR count). The molecule has 0 fully saturated rings. The molecule has 0 radical (unpaired) electrons. The number of aryl methyl sites for hydroxylation is 1. The van der Waals surface area contributed by atoms with Crippen LogP contribution < -0.4 is 5.56 Å². The van der Waals surface area contributed by atoms with E-state index in [4.69, 9.17) is 4.98 Å². The van der Waals surface area contributed by atoms with Gasteiger partial charge in [0.2, 0.25) is 5.91 Å². The lowest BCUT2D eigenvalue weighted by Gasteiger charge is -2.18. The van der Waals surface area contributed by atoms with Gasteiger partial charge in [0, 0.05) is 19.0 Å². The number of amides is 1. The first-order valence-corrected chi connectivity index (χ1v) is 11.3. The highest BCUT2D eigenvalue weighted by Gasteiger charge is 2.26. The molecule has 2 heterocycles. The van der Waals surface area contributed by atoms with E-state index in [9.17, 15) is 14.0 Å². The van der Waals surface area contributed by atoms with Crippen LogP contribution in [0.1, 0.15) is 23.8 Å². The lowest BCUT2D eigenvalue weighted by atomic mass is 9.89. The molecule has 0 saturated heterocycles. The Morgan fingerprint density at radius 1 is 1.38 bits per heavy atom.